The molecule has 1 aromatic heterocycles. The van der Waals surface area contributed by atoms with Crippen LogP contribution in [-0.4, -0.2) is 10.5 Å². The monoisotopic (exact) mass is 333 g/mol. The van der Waals surface area contributed by atoms with Gasteiger partial charge in [-0.2, -0.15) is 0 Å². The van der Waals surface area contributed by atoms with E-state index >= 15 is 0 Å². The van der Waals surface area contributed by atoms with Crippen molar-refractivity contribution < 1.29 is 4.21 Å². The summed E-state index contributed by atoms with van der Waals surface area (Å²) in [5.41, 5.74) is 1.87. The van der Waals surface area contributed by atoms with E-state index in [1.54, 1.807) is 6.26 Å². The van der Waals surface area contributed by atoms with Crippen molar-refractivity contribution in [2.75, 3.05) is 11.6 Å². The Kier molecular flexibility index (Phi) is 5.28. The SMILES string of the molecule is C[S@@](=O)Cc1ccc(Cl)c(NCc2ccc(Cl)s2)c1. The number of thiophene rings is 1. The van der Waals surface area contributed by atoms with Gasteiger partial charge in [0.15, 0.2) is 0 Å². The van der Waals surface area contributed by atoms with Crippen LogP contribution >= 0.6 is 34.5 Å². The number of hydrogen-bond donors (Lipinski definition) is 1. The molecule has 0 saturated carbocycles. The Morgan fingerprint density at radius 1 is 1.26 bits per heavy atom. The first-order chi connectivity index (χ1) is 9.04. The first-order valence-corrected chi connectivity index (χ1v) is 8.91. The summed E-state index contributed by atoms with van der Waals surface area (Å²) in [5, 5.41) is 3.94. The number of anilines is 1. The minimum atomic E-state index is -0.854. The number of benzene rings is 1. The van der Waals surface area contributed by atoms with Gasteiger partial charge in [-0.25, -0.2) is 0 Å². The van der Waals surface area contributed by atoms with Crippen molar-refractivity contribution >= 4 is 51.0 Å². The van der Waals surface area contributed by atoms with Crippen molar-refractivity contribution in [1.82, 2.24) is 0 Å². The smallest absolute Gasteiger partial charge is 0.0931 e. The van der Waals surface area contributed by atoms with E-state index in [9.17, 15) is 4.21 Å². The number of nitrogens with one attached hydrogen (secondary N) is 1. The number of halogens is 2. The summed E-state index contributed by atoms with van der Waals surface area (Å²) in [7, 11) is -0.854. The van der Waals surface area contributed by atoms with Crippen LogP contribution in [0.25, 0.3) is 0 Å². The van der Waals surface area contributed by atoms with E-state index in [1.807, 2.05) is 30.3 Å². The molecule has 1 aromatic carbocycles. The molecule has 0 spiro atoms. The molecule has 1 N–H and O–H groups in total. The van der Waals surface area contributed by atoms with Crippen molar-refractivity contribution in [3.63, 3.8) is 0 Å². The van der Waals surface area contributed by atoms with Crippen LogP contribution in [0.15, 0.2) is 30.3 Å². The Labute approximate surface area is 129 Å². The highest BCUT2D eigenvalue weighted by Gasteiger charge is 2.04. The van der Waals surface area contributed by atoms with Crippen molar-refractivity contribution in [3.05, 3.63) is 50.1 Å². The maximum absolute atomic E-state index is 11.2. The molecule has 0 aliphatic carbocycles. The Hall–Kier alpha value is -0.550. The highest BCUT2D eigenvalue weighted by Crippen LogP contribution is 2.26. The Morgan fingerprint density at radius 3 is 2.68 bits per heavy atom. The lowest BCUT2D eigenvalue weighted by Crippen LogP contribution is -2.00. The van der Waals surface area contributed by atoms with Crippen LogP contribution in [0, 0.1) is 0 Å². The molecule has 0 radical (unpaired) electrons. The lowest BCUT2D eigenvalue weighted by atomic mass is 10.2. The molecule has 2 nitrogen and oxygen atoms in total. The van der Waals surface area contributed by atoms with Gasteiger partial charge in [-0.05, 0) is 29.8 Å². The molecular weight excluding hydrogens is 321 g/mol. The van der Waals surface area contributed by atoms with Crippen LogP contribution in [0.5, 0.6) is 0 Å². The molecule has 0 bridgehead atoms. The van der Waals surface area contributed by atoms with Gasteiger partial charge < -0.3 is 5.32 Å². The Balaban J connectivity index is 2.08. The van der Waals surface area contributed by atoms with Crippen LogP contribution in [0.1, 0.15) is 10.4 Å². The topological polar surface area (TPSA) is 29.1 Å². The zero-order valence-electron chi connectivity index (χ0n) is 10.3. The lowest BCUT2D eigenvalue weighted by Gasteiger charge is -2.09. The number of rotatable bonds is 5. The van der Waals surface area contributed by atoms with E-state index < -0.39 is 10.8 Å². The summed E-state index contributed by atoms with van der Waals surface area (Å²) in [6.07, 6.45) is 1.69. The van der Waals surface area contributed by atoms with E-state index in [2.05, 4.69) is 5.32 Å². The molecule has 1 heterocycles. The van der Waals surface area contributed by atoms with Crippen molar-refractivity contribution in [2.45, 2.75) is 12.3 Å². The Bertz CT molecular complexity index is 598. The molecular formula is C13H13Cl2NOS2. The van der Waals surface area contributed by atoms with E-state index in [0.29, 0.717) is 17.3 Å². The van der Waals surface area contributed by atoms with Crippen molar-refractivity contribution in [2.24, 2.45) is 0 Å². The van der Waals surface area contributed by atoms with Gasteiger partial charge in [0.05, 0.1) is 15.0 Å². The molecule has 6 heteroatoms. The summed E-state index contributed by atoms with van der Waals surface area (Å²) in [6.45, 7) is 0.676. The highest BCUT2D eigenvalue weighted by molar-refractivity contribution is 7.83. The molecule has 1 atom stereocenters. The summed E-state index contributed by atoms with van der Waals surface area (Å²) >= 11 is 13.6. The highest BCUT2D eigenvalue weighted by atomic mass is 35.5. The van der Waals surface area contributed by atoms with Crippen LogP contribution < -0.4 is 5.32 Å². The molecule has 2 aromatic rings. The molecule has 102 valence electrons. The van der Waals surface area contributed by atoms with Crippen LogP contribution in [0.4, 0.5) is 5.69 Å². The average Bonchev–Trinajstić information content (AvgIpc) is 2.75. The zero-order chi connectivity index (χ0) is 13.8. The molecule has 0 aliphatic rings. The Morgan fingerprint density at radius 2 is 2.05 bits per heavy atom. The quantitative estimate of drug-likeness (QED) is 0.869. The van der Waals surface area contributed by atoms with Gasteiger partial charge in [-0.1, -0.05) is 29.3 Å². The molecule has 0 amide bonds. The van der Waals surface area contributed by atoms with Gasteiger partial charge in [-0.3, -0.25) is 4.21 Å². The van der Waals surface area contributed by atoms with E-state index in [1.165, 1.54) is 11.3 Å². The normalized spacial score (nSPS) is 12.4. The van der Waals surface area contributed by atoms with E-state index in [0.717, 1.165) is 20.5 Å². The van der Waals surface area contributed by atoms with Crippen LogP contribution in [0.3, 0.4) is 0 Å². The summed E-state index contributed by atoms with van der Waals surface area (Å²) in [6, 6.07) is 9.53. The maximum Gasteiger partial charge on any atom is 0.0931 e. The second-order valence-electron chi connectivity index (χ2n) is 4.09. The van der Waals surface area contributed by atoms with Crippen molar-refractivity contribution in [3.8, 4) is 0 Å². The van der Waals surface area contributed by atoms with Gasteiger partial charge in [0.25, 0.3) is 0 Å². The minimum Gasteiger partial charge on any atom is -0.379 e. The standard InChI is InChI=1S/C13H13Cl2NOS2/c1-19(17)8-9-2-4-11(14)12(6-9)16-7-10-3-5-13(15)18-10/h2-6,16H,7-8H2,1H3/t19-/m1/s1. The van der Waals surface area contributed by atoms with Gasteiger partial charge >= 0.3 is 0 Å². The zero-order valence-corrected chi connectivity index (χ0v) is 13.4. The van der Waals surface area contributed by atoms with Crippen LogP contribution in [-0.2, 0) is 23.1 Å². The second kappa shape index (κ2) is 6.75. The predicted octanol–water partition coefficient (Wildman–Crippen LogP) is 4.55. The van der Waals surface area contributed by atoms with Gasteiger partial charge in [-0.15, -0.1) is 11.3 Å². The summed E-state index contributed by atoms with van der Waals surface area (Å²) in [5.74, 6) is 0.538. The first-order valence-electron chi connectivity index (χ1n) is 5.61. The summed E-state index contributed by atoms with van der Waals surface area (Å²) < 4.78 is 12.0. The number of hydrogen-bond acceptors (Lipinski definition) is 3. The van der Waals surface area contributed by atoms with E-state index in [-0.39, 0.29) is 0 Å². The second-order valence-corrected chi connectivity index (χ2v) is 7.73. The molecule has 19 heavy (non-hydrogen) atoms. The fourth-order valence-electron chi connectivity index (χ4n) is 1.66. The van der Waals surface area contributed by atoms with Gasteiger partial charge in [0.2, 0.25) is 0 Å². The molecule has 0 aliphatic heterocycles. The largest absolute Gasteiger partial charge is 0.379 e. The van der Waals surface area contributed by atoms with Crippen molar-refractivity contribution in [1.29, 1.82) is 0 Å². The molecule has 2 rings (SSSR count). The minimum absolute atomic E-state index is 0.538. The molecule has 0 unspecified atom stereocenters. The first kappa shape index (κ1) is 14.9. The third-order valence-electron chi connectivity index (χ3n) is 2.48. The third kappa shape index (κ3) is 4.49. The molecule has 0 fully saturated rings. The summed E-state index contributed by atoms with van der Waals surface area (Å²) in [4.78, 5) is 1.14. The average molecular weight is 334 g/mol. The lowest BCUT2D eigenvalue weighted by molar-refractivity contribution is 0.686. The third-order valence-corrected chi connectivity index (χ3v) is 4.78. The predicted molar refractivity (Wildman–Crippen MR) is 85.9 cm³/mol. The maximum atomic E-state index is 11.2. The fourth-order valence-corrected chi connectivity index (χ4v) is 3.52. The fraction of sp³-hybridized carbons (Fsp3) is 0.231. The van der Waals surface area contributed by atoms with E-state index in [4.69, 9.17) is 23.2 Å². The van der Waals surface area contributed by atoms with Gasteiger partial charge in [0.1, 0.15) is 0 Å². The van der Waals surface area contributed by atoms with Gasteiger partial charge in [0, 0.05) is 34.2 Å². The molecule has 0 saturated heterocycles. The van der Waals surface area contributed by atoms with Crippen LogP contribution in [0.2, 0.25) is 9.36 Å².